The first kappa shape index (κ1) is 17.1. The zero-order valence-corrected chi connectivity index (χ0v) is 14.6. The molecule has 1 aliphatic heterocycles. The zero-order valence-electron chi connectivity index (χ0n) is 14.6. The van der Waals surface area contributed by atoms with Crippen LogP contribution in [0.2, 0.25) is 0 Å². The highest BCUT2D eigenvalue weighted by molar-refractivity contribution is 5.79. The van der Waals surface area contributed by atoms with E-state index in [2.05, 4.69) is 24.3 Å². The van der Waals surface area contributed by atoms with Crippen molar-refractivity contribution >= 4 is 6.09 Å². The van der Waals surface area contributed by atoms with Crippen molar-refractivity contribution in [2.45, 2.75) is 18.4 Å². The molecule has 2 aromatic carbocycles. The number of aliphatic hydroxyl groups excluding tert-OH is 1. The molecule has 1 atom stereocenters. The summed E-state index contributed by atoms with van der Waals surface area (Å²) in [4.78, 5) is 14.2. The molecular formula is C21H23NO4. The van der Waals surface area contributed by atoms with Gasteiger partial charge in [-0.25, -0.2) is 4.79 Å². The predicted molar refractivity (Wildman–Crippen MR) is 98.1 cm³/mol. The number of ether oxygens (including phenoxy) is 2. The Balaban J connectivity index is 1.52. The average Bonchev–Trinajstić information content (AvgIpc) is 2.82. The number of amides is 1. The van der Waals surface area contributed by atoms with Gasteiger partial charge in [0.05, 0.1) is 19.3 Å². The van der Waals surface area contributed by atoms with E-state index in [-0.39, 0.29) is 24.7 Å². The van der Waals surface area contributed by atoms with Crippen molar-refractivity contribution < 1.29 is 19.4 Å². The highest BCUT2D eigenvalue weighted by atomic mass is 16.6. The van der Waals surface area contributed by atoms with Crippen LogP contribution in [0.3, 0.4) is 0 Å². The lowest BCUT2D eigenvalue weighted by atomic mass is 9.98. The van der Waals surface area contributed by atoms with E-state index in [0.717, 1.165) is 0 Å². The van der Waals surface area contributed by atoms with Crippen LogP contribution in [0.15, 0.2) is 48.5 Å². The van der Waals surface area contributed by atoms with Crippen molar-refractivity contribution in [2.75, 3.05) is 33.0 Å². The van der Waals surface area contributed by atoms with Gasteiger partial charge in [-0.05, 0) is 28.7 Å². The fourth-order valence-electron chi connectivity index (χ4n) is 3.93. The third-order valence-corrected chi connectivity index (χ3v) is 5.29. The summed E-state index contributed by atoms with van der Waals surface area (Å²) in [5.41, 5.74) is 4.81. The molecule has 1 heterocycles. The molecule has 1 amide bonds. The normalized spacial score (nSPS) is 19.6. The Morgan fingerprint density at radius 3 is 2.38 bits per heavy atom. The zero-order chi connectivity index (χ0) is 17.9. The maximum atomic E-state index is 12.6. The molecule has 1 fully saturated rings. The molecule has 0 spiro atoms. The molecule has 0 saturated carbocycles. The molecule has 5 heteroatoms. The van der Waals surface area contributed by atoms with Crippen LogP contribution in [0, 0.1) is 0 Å². The van der Waals surface area contributed by atoms with Gasteiger partial charge >= 0.3 is 6.09 Å². The van der Waals surface area contributed by atoms with E-state index in [0.29, 0.717) is 32.8 Å². The molecule has 1 aliphatic carbocycles. The Hall–Kier alpha value is -2.37. The minimum atomic E-state index is -0.378. The van der Waals surface area contributed by atoms with E-state index in [1.165, 1.54) is 22.3 Å². The molecule has 2 aromatic rings. The molecule has 1 unspecified atom stereocenters. The van der Waals surface area contributed by atoms with Crippen LogP contribution < -0.4 is 0 Å². The van der Waals surface area contributed by atoms with Crippen LogP contribution in [0.5, 0.6) is 0 Å². The second-order valence-corrected chi connectivity index (χ2v) is 6.73. The van der Waals surface area contributed by atoms with Crippen LogP contribution in [-0.4, -0.2) is 55.1 Å². The van der Waals surface area contributed by atoms with Gasteiger partial charge in [0.1, 0.15) is 6.61 Å². The average molecular weight is 353 g/mol. The number of hydrogen-bond acceptors (Lipinski definition) is 4. The van der Waals surface area contributed by atoms with Crippen molar-refractivity contribution in [1.82, 2.24) is 4.90 Å². The second-order valence-electron chi connectivity index (χ2n) is 6.73. The number of carbonyl (C=O) groups is 1. The molecule has 0 radical (unpaired) electrons. The molecule has 4 rings (SSSR count). The maximum Gasteiger partial charge on any atom is 0.410 e. The fourth-order valence-corrected chi connectivity index (χ4v) is 3.93. The van der Waals surface area contributed by atoms with Gasteiger partial charge in [-0.1, -0.05) is 48.5 Å². The van der Waals surface area contributed by atoms with Gasteiger partial charge in [-0.15, -0.1) is 0 Å². The third-order valence-electron chi connectivity index (χ3n) is 5.29. The van der Waals surface area contributed by atoms with Crippen LogP contribution >= 0.6 is 0 Å². The van der Waals surface area contributed by atoms with Gasteiger partial charge in [0.25, 0.3) is 0 Å². The van der Waals surface area contributed by atoms with Crippen LogP contribution in [0.1, 0.15) is 23.5 Å². The minimum Gasteiger partial charge on any atom is -0.448 e. The van der Waals surface area contributed by atoms with Gasteiger partial charge < -0.3 is 19.5 Å². The second kappa shape index (κ2) is 7.48. The highest BCUT2D eigenvalue weighted by Crippen LogP contribution is 2.44. The number of carbonyl (C=O) groups excluding carboxylic acids is 1. The summed E-state index contributed by atoms with van der Waals surface area (Å²) < 4.78 is 11.1. The highest BCUT2D eigenvalue weighted by Gasteiger charge is 2.31. The largest absolute Gasteiger partial charge is 0.448 e. The van der Waals surface area contributed by atoms with Crippen molar-refractivity contribution in [3.8, 4) is 11.1 Å². The number of aliphatic hydroxyl groups is 1. The van der Waals surface area contributed by atoms with Crippen molar-refractivity contribution in [3.05, 3.63) is 59.7 Å². The maximum absolute atomic E-state index is 12.6. The molecule has 2 aliphatic rings. The topological polar surface area (TPSA) is 59.0 Å². The summed E-state index contributed by atoms with van der Waals surface area (Å²) in [6.45, 7) is 1.69. The lowest BCUT2D eigenvalue weighted by Crippen LogP contribution is -2.43. The molecule has 1 saturated heterocycles. The number of benzene rings is 2. The van der Waals surface area contributed by atoms with E-state index in [9.17, 15) is 9.90 Å². The first-order chi connectivity index (χ1) is 12.8. The molecule has 136 valence electrons. The lowest BCUT2D eigenvalue weighted by Gasteiger charge is -2.27. The number of nitrogens with zero attached hydrogens (tertiary/aromatic N) is 1. The molecule has 0 aromatic heterocycles. The summed E-state index contributed by atoms with van der Waals surface area (Å²) in [5, 5.41) is 9.57. The predicted octanol–water partition coefficient (Wildman–Crippen LogP) is 3.02. The van der Waals surface area contributed by atoms with Crippen molar-refractivity contribution in [3.63, 3.8) is 0 Å². The van der Waals surface area contributed by atoms with Crippen LogP contribution in [-0.2, 0) is 9.47 Å². The van der Waals surface area contributed by atoms with Crippen LogP contribution in [0.25, 0.3) is 11.1 Å². The van der Waals surface area contributed by atoms with E-state index < -0.39 is 0 Å². The van der Waals surface area contributed by atoms with Gasteiger partial charge in [0, 0.05) is 19.1 Å². The summed E-state index contributed by atoms with van der Waals surface area (Å²) in [6, 6.07) is 16.3. The summed E-state index contributed by atoms with van der Waals surface area (Å²) in [6.07, 6.45) is 0.247. The Morgan fingerprint density at radius 2 is 1.73 bits per heavy atom. The SMILES string of the molecule is O=C(OCC1c2ccccc2-c2ccccc21)N1CCOCCC1CO. The number of rotatable bonds is 3. The molecule has 0 bridgehead atoms. The van der Waals surface area contributed by atoms with Crippen molar-refractivity contribution in [2.24, 2.45) is 0 Å². The monoisotopic (exact) mass is 353 g/mol. The summed E-state index contributed by atoms with van der Waals surface area (Å²) >= 11 is 0. The smallest absolute Gasteiger partial charge is 0.410 e. The minimum absolute atomic E-state index is 0.0437. The van der Waals surface area contributed by atoms with E-state index in [4.69, 9.17) is 9.47 Å². The molecule has 26 heavy (non-hydrogen) atoms. The van der Waals surface area contributed by atoms with Crippen LogP contribution in [0.4, 0.5) is 4.79 Å². The van der Waals surface area contributed by atoms with Gasteiger partial charge in [0.15, 0.2) is 0 Å². The third kappa shape index (κ3) is 3.08. The van der Waals surface area contributed by atoms with Crippen molar-refractivity contribution in [1.29, 1.82) is 0 Å². The van der Waals surface area contributed by atoms with Gasteiger partial charge in [-0.3, -0.25) is 0 Å². The number of fused-ring (bicyclic) bond motifs is 3. The molecular weight excluding hydrogens is 330 g/mol. The Kier molecular flexibility index (Phi) is 4.91. The summed E-state index contributed by atoms with van der Waals surface area (Å²) in [7, 11) is 0. The molecule has 5 nitrogen and oxygen atoms in total. The lowest BCUT2D eigenvalue weighted by molar-refractivity contribution is 0.0686. The quantitative estimate of drug-likeness (QED) is 0.921. The van der Waals surface area contributed by atoms with E-state index >= 15 is 0 Å². The fraction of sp³-hybridized carbons (Fsp3) is 0.381. The van der Waals surface area contributed by atoms with Gasteiger partial charge in [0.2, 0.25) is 0 Å². The Bertz CT molecular complexity index is 746. The van der Waals surface area contributed by atoms with E-state index in [1.807, 2.05) is 24.3 Å². The summed E-state index contributed by atoms with van der Waals surface area (Å²) in [5.74, 6) is 0.0437. The Labute approximate surface area is 153 Å². The molecule has 1 N–H and O–H groups in total. The van der Waals surface area contributed by atoms with Gasteiger partial charge in [-0.2, -0.15) is 0 Å². The standard InChI is InChI=1S/C21H23NO4/c23-13-15-9-11-25-12-10-22(15)21(24)26-14-20-18-7-3-1-5-16(18)17-6-2-4-8-19(17)20/h1-8,15,20,23H,9-14H2. The first-order valence-electron chi connectivity index (χ1n) is 9.10. The Morgan fingerprint density at radius 1 is 1.08 bits per heavy atom. The first-order valence-corrected chi connectivity index (χ1v) is 9.10. The van der Waals surface area contributed by atoms with E-state index in [1.54, 1.807) is 4.90 Å². The number of hydrogen-bond donors (Lipinski definition) is 1.